The van der Waals surface area contributed by atoms with Crippen LogP contribution in [0.15, 0.2) is 48.6 Å². The van der Waals surface area contributed by atoms with Gasteiger partial charge in [0.25, 0.3) is 0 Å². The van der Waals surface area contributed by atoms with Crippen LogP contribution in [0.4, 0.5) is 0 Å². The molecule has 17 atom stereocenters. The Kier molecular flexibility index (Phi) is 53.4. The topological polar surface area (TPSA) is 307 Å². The zero-order valence-corrected chi connectivity index (χ0v) is 59.9. The summed E-state index contributed by atoms with van der Waals surface area (Å²) in [5, 5.41) is 121. The van der Waals surface area contributed by atoms with Crippen molar-refractivity contribution in [1.29, 1.82) is 0 Å². The fourth-order valence-corrected chi connectivity index (χ4v) is 13.1. The number of unbranched alkanes of at least 4 members (excludes halogenated alkanes) is 39. The van der Waals surface area contributed by atoms with Gasteiger partial charge in [0.15, 0.2) is 18.9 Å². The van der Waals surface area contributed by atoms with Gasteiger partial charge in [-0.2, -0.15) is 0 Å². The average Bonchev–Trinajstić information content (AvgIpc) is 0.787. The fraction of sp³-hybridized carbons (Fsp3) is 0.883. The van der Waals surface area contributed by atoms with E-state index in [1.165, 1.54) is 218 Å². The molecule has 12 N–H and O–H groups in total. The molecule has 3 aliphatic rings. The molecule has 0 saturated carbocycles. The molecule has 0 aromatic rings. The molecule has 3 saturated heterocycles. The van der Waals surface area contributed by atoms with E-state index in [9.17, 15) is 61.0 Å². The lowest BCUT2D eigenvalue weighted by Crippen LogP contribution is -2.66. The SMILES string of the molecule is CCCCCCC/C=C\C/C=C\C/C=C\CCCCCCCCCCCCCCCCCCCCC(=O)NC(COC1OC(CO)C(OC2OC(CO)C(OC3OC(CO)C(O)C(O)C3O)C(O)C2O)C(O)C1O)C(O)/C=C/CCCCCCCCCCCCCCCCCC. The number of amides is 1. The maximum absolute atomic E-state index is 13.5. The lowest BCUT2D eigenvalue weighted by molar-refractivity contribution is -0.379. The summed E-state index contributed by atoms with van der Waals surface area (Å²) in [5.41, 5.74) is 0. The highest BCUT2D eigenvalue weighted by molar-refractivity contribution is 5.76. The molecule has 19 heteroatoms. The summed E-state index contributed by atoms with van der Waals surface area (Å²) in [4.78, 5) is 13.5. The van der Waals surface area contributed by atoms with Gasteiger partial charge in [-0.05, 0) is 57.8 Å². The van der Waals surface area contributed by atoms with E-state index in [1.54, 1.807) is 6.08 Å². The van der Waals surface area contributed by atoms with E-state index < -0.39 is 124 Å². The third-order valence-corrected chi connectivity index (χ3v) is 19.4. The monoisotopic (exact) mass is 1370 g/mol. The van der Waals surface area contributed by atoms with Crippen molar-refractivity contribution in [3.63, 3.8) is 0 Å². The van der Waals surface area contributed by atoms with Gasteiger partial charge in [-0.1, -0.05) is 287 Å². The quantitative estimate of drug-likeness (QED) is 0.0199. The van der Waals surface area contributed by atoms with E-state index in [0.29, 0.717) is 6.42 Å². The average molecular weight is 1370 g/mol. The normalized spacial score (nSPS) is 27.3. The predicted molar refractivity (Wildman–Crippen MR) is 379 cm³/mol. The van der Waals surface area contributed by atoms with E-state index in [-0.39, 0.29) is 18.9 Å². The van der Waals surface area contributed by atoms with Crippen LogP contribution in [-0.2, 0) is 33.2 Å². The van der Waals surface area contributed by atoms with Crippen LogP contribution in [0.2, 0.25) is 0 Å². The predicted octanol–water partition coefficient (Wildman–Crippen LogP) is 12.1. The second-order valence-electron chi connectivity index (χ2n) is 27.8. The van der Waals surface area contributed by atoms with E-state index >= 15 is 0 Å². The third kappa shape index (κ3) is 38.7. The number of aliphatic hydroxyl groups excluding tert-OH is 11. The smallest absolute Gasteiger partial charge is 0.220 e. The van der Waals surface area contributed by atoms with Crippen LogP contribution in [0.25, 0.3) is 0 Å². The molecule has 1 amide bonds. The number of carbonyl (C=O) groups excluding carboxylic acids is 1. The number of aliphatic hydroxyl groups is 11. The summed E-state index contributed by atoms with van der Waals surface area (Å²) in [6.45, 7) is 1.75. The summed E-state index contributed by atoms with van der Waals surface area (Å²) in [6.07, 6.45) is 45.2. The van der Waals surface area contributed by atoms with Crippen molar-refractivity contribution in [3.05, 3.63) is 48.6 Å². The lowest BCUT2D eigenvalue weighted by Gasteiger charge is -2.48. The Morgan fingerprint density at radius 1 is 0.375 bits per heavy atom. The van der Waals surface area contributed by atoms with Crippen molar-refractivity contribution in [2.45, 2.75) is 407 Å². The van der Waals surface area contributed by atoms with E-state index in [1.807, 2.05) is 6.08 Å². The molecule has 3 rings (SSSR count). The van der Waals surface area contributed by atoms with Crippen molar-refractivity contribution < 1.29 is 89.4 Å². The first-order valence-electron chi connectivity index (χ1n) is 38.9. The molecule has 0 radical (unpaired) electrons. The van der Waals surface area contributed by atoms with Crippen molar-refractivity contribution in [1.82, 2.24) is 5.32 Å². The number of allylic oxidation sites excluding steroid dienone is 7. The number of nitrogens with one attached hydrogen (secondary N) is 1. The van der Waals surface area contributed by atoms with Gasteiger partial charge in [0.1, 0.15) is 73.2 Å². The summed E-state index contributed by atoms with van der Waals surface area (Å²) < 4.78 is 34.4. The molecular weight excluding hydrogens is 1230 g/mol. The summed E-state index contributed by atoms with van der Waals surface area (Å²) in [5.74, 6) is -0.272. The Morgan fingerprint density at radius 2 is 0.688 bits per heavy atom. The lowest BCUT2D eigenvalue weighted by atomic mass is 9.96. The zero-order valence-electron chi connectivity index (χ0n) is 59.9. The van der Waals surface area contributed by atoms with Crippen molar-refractivity contribution in [2.75, 3.05) is 26.4 Å². The number of rotatable bonds is 61. The van der Waals surface area contributed by atoms with Crippen LogP contribution in [0.5, 0.6) is 0 Å². The van der Waals surface area contributed by atoms with Gasteiger partial charge in [-0.3, -0.25) is 4.79 Å². The number of hydrogen-bond donors (Lipinski definition) is 12. The first-order chi connectivity index (χ1) is 46.8. The first-order valence-corrected chi connectivity index (χ1v) is 38.9. The van der Waals surface area contributed by atoms with Crippen LogP contribution in [-0.4, -0.2) is 193 Å². The Bertz CT molecular complexity index is 1930. The molecule has 0 aromatic heterocycles. The largest absolute Gasteiger partial charge is 0.394 e. The molecule has 96 heavy (non-hydrogen) atoms. The van der Waals surface area contributed by atoms with E-state index in [4.69, 9.17) is 28.4 Å². The van der Waals surface area contributed by atoms with E-state index in [2.05, 4.69) is 55.6 Å². The van der Waals surface area contributed by atoms with Gasteiger partial charge in [-0.25, -0.2) is 0 Å². The highest BCUT2D eigenvalue weighted by atomic mass is 16.8. The van der Waals surface area contributed by atoms with Gasteiger partial charge in [0, 0.05) is 6.42 Å². The highest BCUT2D eigenvalue weighted by Crippen LogP contribution is 2.33. The molecule has 3 heterocycles. The fourth-order valence-electron chi connectivity index (χ4n) is 13.1. The van der Waals surface area contributed by atoms with E-state index in [0.717, 1.165) is 57.8 Å². The summed E-state index contributed by atoms with van der Waals surface area (Å²) in [6, 6.07) is -0.973. The minimum atomic E-state index is -1.98. The maximum Gasteiger partial charge on any atom is 0.220 e. The Hall–Kier alpha value is -2.25. The van der Waals surface area contributed by atoms with Gasteiger partial charge in [0.2, 0.25) is 5.91 Å². The number of ether oxygens (including phenoxy) is 6. The highest BCUT2D eigenvalue weighted by Gasteiger charge is 2.53. The van der Waals surface area contributed by atoms with Crippen molar-refractivity contribution in [2.24, 2.45) is 0 Å². The van der Waals surface area contributed by atoms with Gasteiger partial charge >= 0.3 is 0 Å². The first kappa shape index (κ1) is 88.0. The van der Waals surface area contributed by atoms with Gasteiger partial charge in [-0.15, -0.1) is 0 Å². The molecule has 0 bridgehead atoms. The molecular formula is C77H141NO18. The maximum atomic E-state index is 13.5. The second kappa shape index (κ2) is 58.3. The Morgan fingerprint density at radius 3 is 1.07 bits per heavy atom. The molecule has 19 nitrogen and oxygen atoms in total. The van der Waals surface area contributed by atoms with Crippen LogP contribution >= 0.6 is 0 Å². The molecule has 17 unspecified atom stereocenters. The standard InChI is InChI=1S/C77H141NO18/c1-3-5-7-9-11-13-15-17-19-21-23-24-25-26-27-28-29-30-31-32-33-34-35-36-37-39-41-43-45-47-49-51-53-55-65(83)78-60(61(82)54-52-50-48-46-44-42-40-38-22-20-18-16-14-12-10-8-6-4-2)59-91-75-71(89)68(86)73(63(57-80)93-75)96-77-72(90)69(87)74(64(58-81)94-77)95-76-70(88)67(85)66(84)62(56-79)92-76/h15,17,21,23,25-26,52,54,60-64,66-77,79-82,84-90H,3-14,16,18-20,22,24,27-51,53,55-59H2,1-2H3,(H,78,83)/b17-15-,23-21-,26-25-,54-52+. The zero-order chi connectivity index (χ0) is 69.6. The van der Waals surface area contributed by atoms with Gasteiger partial charge < -0.3 is 89.9 Å². The van der Waals surface area contributed by atoms with Crippen LogP contribution in [0.3, 0.4) is 0 Å². The minimum Gasteiger partial charge on any atom is -0.394 e. The Balaban J connectivity index is 1.36. The molecule has 3 fully saturated rings. The van der Waals surface area contributed by atoms with Crippen LogP contribution in [0.1, 0.15) is 303 Å². The van der Waals surface area contributed by atoms with Crippen LogP contribution in [0, 0.1) is 0 Å². The van der Waals surface area contributed by atoms with Crippen LogP contribution < -0.4 is 5.32 Å². The molecule has 562 valence electrons. The third-order valence-electron chi connectivity index (χ3n) is 19.4. The Labute approximate surface area is 580 Å². The molecule has 3 aliphatic heterocycles. The molecule has 0 aliphatic carbocycles. The number of hydrogen-bond acceptors (Lipinski definition) is 18. The summed E-state index contributed by atoms with van der Waals surface area (Å²) in [7, 11) is 0. The molecule has 0 aromatic carbocycles. The van der Waals surface area contributed by atoms with Crippen molar-refractivity contribution >= 4 is 5.91 Å². The van der Waals surface area contributed by atoms with Gasteiger partial charge in [0.05, 0.1) is 38.6 Å². The second-order valence-corrected chi connectivity index (χ2v) is 27.8. The summed E-state index contributed by atoms with van der Waals surface area (Å²) >= 11 is 0. The molecule has 0 spiro atoms. The van der Waals surface area contributed by atoms with Crippen molar-refractivity contribution in [3.8, 4) is 0 Å². The number of carbonyl (C=O) groups is 1. The minimum absolute atomic E-state index is 0.245.